The highest BCUT2D eigenvalue weighted by atomic mass is 35.5. The van der Waals surface area contributed by atoms with Crippen LogP contribution in [0.5, 0.6) is 11.5 Å². The summed E-state index contributed by atoms with van der Waals surface area (Å²) in [6.45, 7) is 3.84. The number of nitrogens with one attached hydrogen (secondary N) is 1. The van der Waals surface area contributed by atoms with Gasteiger partial charge in [-0.3, -0.25) is 14.4 Å². The molecular formula is C30H30ClNO6. The minimum Gasteiger partial charge on any atom is -0.490 e. The second-order valence-electron chi connectivity index (χ2n) is 9.73. The number of ketones is 2. The first-order chi connectivity index (χ1) is 18.4. The second-order valence-corrected chi connectivity index (χ2v) is 10.1. The van der Waals surface area contributed by atoms with Gasteiger partial charge in [0.2, 0.25) is 0 Å². The quantitative estimate of drug-likeness (QED) is 0.454. The van der Waals surface area contributed by atoms with Crippen molar-refractivity contribution >= 4 is 34.8 Å². The molecular weight excluding hydrogens is 506 g/mol. The molecule has 0 saturated heterocycles. The lowest BCUT2D eigenvalue weighted by atomic mass is 9.73. The number of benzene rings is 2. The van der Waals surface area contributed by atoms with E-state index in [0.717, 1.165) is 18.4 Å². The zero-order chi connectivity index (χ0) is 26.8. The van der Waals surface area contributed by atoms with E-state index in [2.05, 4.69) is 5.32 Å². The van der Waals surface area contributed by atoms with Crippen molar-refractivity contribution in [1.29, 1.82) is 0 Å². The normalized spacial score (nSPS) is 17.6. The number of hydrogen-bond donors (Lipinski definition) is 1. The lowest BCUT2D eigenvalue weighted by Crippen LogP contribution is -2.30. The van der Waals surface area contributed by atoms with Crippen molar-refractivity contribution in [3.8, 4) is 11.5 Å². The maximum Gasteiger partial charge on any atom is 0.262 e. The van der Waals surface area contributed by atoms with Gasteiger partial charge < -0.3 is 19.5 Å². The smallest absolute Gasteiger partial charge is 0.262 e. The number of ether oxygens (including phenoxy) is 3. The summed E-state index contributed by atoms with van der Waals surface area (Å²) in [4.78, 5) is 38.8. The Morgan fingerprint density at radius 1 is 1.00 bits per heavy atom. The molecule has 2 aromatic carbocycles. The van der Waals surface area contributed by atoms with Gasteiger partial charge in [0.15, 0.2) is 29.7 Å². The maximum absolute atomic E-state index is 13.1. The summed E-state index contributed by atoms with van der Waals surface area (Å²) in [5.74, 6) is 0.964. The minimum absolute atomic E-state index is 0.0107. The lowest BCUT2D eigenvalue weighted by molar-refractivity contribution is -0.119. The van der Waals surface area contributed by atoms with E-state index in [4.69, 9.17) is 25.8 Å². The molecule has 0 aromatic heterocycles. The molecule has 3 aliphatic rings. The van der Waals surface area contributed by atoms with Crippen molar-refractivity contribution in [2.45, 2.75) is 58.3 Å². The number of hydrogen-bond acceptors (Lipinski definition) is 6. The first kappa shape index (κ1) is 26.0. The first-order valence-electron chi connectivity index (χ1n) is 13.0. The average molecular weight is 536 g/mol. The molecule has 1 N–H and O–H groups in total. The second kappa shape index (κ2) is 11.0. The summed E-state index contributed by atoms with van der Waals surface area (Å²) >= 11 is 6.71. The molecule has 1 heterocycles. The summed E-state index contributed by atoms with van der Waals surface area (Å²) in [6.07, 6.45) is 3.60. The molecule has 0 atom stereocenters. The number of halogens is 1. The van der Waals surface area contributed by atoms with Crippen LogP contribution in [0.1, 0.15) is 62.5 Å². The zero-order valence-corrected chi connectivity index (χ0v) is 22.3. The van der Waals surface area contributed by atoms with Gasteiger partial charge in [0.1, 0.15) is 11.5 Å². The molecule has 1 aliphatic heterocycles. The van der Waals surface area contributed by atoms with Crippen molar-refractivity contribution in [1.82, 2.24) is 0 Å². The molecule has 0 bridgehead atoms. The SMILES string of the molecule is CCOc1cc(C2C3=C(CCCC3=O)OC3=C2C(=O)CCC3)cc(Cl)c1OCC(=O)Nc1cccc(C)c1. The van der Waals surface area contributed by atoms with Crippen LogP contribution in [0.4, 0.5) is 5.69 Å². The van der Waals surface area contributed by atoms with Crippen molar-refractivity contribution in [3.05, 3.63) is 75.2 Å². The number of Topliss-reactive ketones (excluding diaryl/α,β-unsaturated/α-hetero) is 2. The molecule has 38 heavy (non-hydrogen) atoms. The molecule has 2 aliphatic carbocycles. The number of allylic oxidation sites excluding steroid dienone is 4. The van der Waals surface area contributed by atoms with Crippen LogP contribution in [-0.4, -0.2) is 30.7 Å². The fourth-order valence-corrected chi connectivity index (χ4v) is 5.64. The fourth-order valence-electron chi connectivity index (χ4n) is 5.37. The summed E-state index contributed by atoms with van der Waals surface area (Å²) in [7, 11) is 0. The molecule has 0 fully saturated rings. The van der Waals surface area contributed by atoms with E-state index in [0.29, 0.717) is 72.0 Å². The molecule has 8 heteroatoms. The topological polar surface area (TPSA) is 90.9 Å². The van der Waals surface area contributed by atoms with Crippen molar-refractivity contribution in [3.63, 3.8) is 0 Å². The molecule has 198 valence electrons. The van der Waals surface area contributed by atoms with Crippen LogP contribution >= 0.6 is 11.6 Å². The molecule has 0 spiro atoms. The minimum atomic E-state index is -0.565. The van der Waals surface area contributed by atoms with Gasteiger partial charge in [0.25, 0.3) is 5.91 Å². The Bertz CT molecular complexity index is 1330. The van der Waals surface area contributed by atoms with Crippen LogP contribution in [-0.2, 0) is 19.1 Å². The van der Waals surface area contributed by atoms with E-state index in [1.165, 1.54) is 0 Å². The van der Waals surface area contributed by atoms with Gasteiger partial charge >= 0.3 is 0 Å². The molecule has 7 nitrogen and oxygen atoms in total. The number of anilines is 1. The Balaban J connectivity index is 1.47. The third kappa shape index (κ3) is 5.20. The first-order valence-corrected chi connectivity index (χ1v) is 13.4. The van der Waals surface area contributed by atoms with E-state index in [1.807, 2.05) is 32.0 Å². The molecule has 0 unspecified atom stereocenters. The number of aryl methyl sites for hydroxylation is 1. The van der Waals surface area contributed by atoms with Gasteiger partial charge in [-0.05, 0) is 62.1 Å². The van der Waals surface area contributed by atoms with E-state index in [9.17, 15) is 14.4 Å². The number of carbonyl (C=O) groups excluding carboxylic acids is 3. The highest BCUT2D eigenvalue weighted by Gasteiger charge is 2.42. The van der Waals surface area contributed by atoms with Crippen molar-refractivity contribution in [2.24, 2.45) is 0 Å². The van der Waals surface area contributed by atoms with Gasteiger partial charge in [0, 0.05) is 48.4 Å². The van der Waals surface area contributed by atoms with E-state index >= 15 is 0 Å². The van der Waals surface area contributed by atoms with Crippen LogP contribution in [0, 0.1) is 6.92 Å². The third-order valence-electron chi connectivity index (χ3n) is 6.96. The number of rotatable bonds is 7. The number of amides is 1. The fraction of sp³-hybridized carbons (Fsp3) is 0.367. The predicted octanol–water partition coefficient (Wildman–Crippen LogP) is 6.19. The highest BCUT2D eigenvalue weighted by Crippen LogP contribution is 2.50. The number of carbonyl (C=O) groups is 3. The van der Waals surface area contributed by atoms with Crippen molar-refractivity contribution < 1.29 is 28.6 Å². The lowest BCUT2D eigenvalue weighted by Gasteiger charge is -2.36. The van der Waals surface area contributed by atoms with E-state index < -0.39 is 5.92 Å². The van der Waals surface area contributed by atoms with E-state index in [1.54, 1.807) is 18.2 Å². The summed E-state index contributed by atoms with van der Waals surface area (Å²) in [5, 5.41) is 3.04. The van der Waals surface area contributed by atoms with Gasteiger partial charge in [-0.2, -0.15) is 0 Å². The van der Waals surface area contributed by atoms with Crippen LogP contribution in [0.15, 0.2) is 59.1 Å². The summed E-state index contributed by atoms with van der Waals surface area (Å²) in [5.41, 5.74) is 3.44. The Kier molecular flexibility index (Phi) is 7.56. The van der Waals surface area contributed by atoms with Crippen LogP contribution in [0.3, 0.4) is 0 Å². The standard InChI is InChI=1S/C30H30ClNO6/c1-3-36-25-15-18(14-20(31)30(25)37-16-26(35)32-19-8-4-7-17(2)13-19)27-28-21(33)9-5-11-23(28)38-24-12-6-10-22(34)29(24)27/h4,7-8,13-15,27H,3,5-6,9-12,16H2,1-2H3,(H,32,35). The summed E-state index contributed by atoms with van der Waals surface area (Å²) in [6, 6.07) is 10.9. The highest BCUT2D eigenvalue weighted by molar-refractivity contribution is 6.32. The zero-order valence-electron chi connectivity index (χ0n) is 21.5. The molecule has 1 amide bonds. The molecule has 2 aromatic rings. The maximum atomic E-state index is 13.1. The summed E-state index contributed by atoms with van der Waals surface area (Å²) < 4.78 is 17.8. The van der Waals surface area contributed by atoms with Crippen LogP contribution in [0.2, 0.25) is 5.02 Å². The Labute approximate surface area is 226 Å². The van der Waals surface area contributed by atoms with E-state index in [-0.39, 0.29) is 34.9 Å². The molecule has 0 saturated carbocycles. The largest absolute Gasteiger partial charge is 0.490 e. The Morgan fingerprint density at radius 2 is 1.68 bits per heavy atom. The monoisotopic (exact) mass is 535 g/mol. The van der Waals surface area contributed by atoms with Gasteiger partial charge in [0.05, 0.1) is 11.6 Å². The Hall–Kier alpha value is -3.58. The van der Waals surface area contributed by atoms with Crippen molar-refractivity contribution in [2.75, 3.05) is 18.5 Å². The van der Waals surface area contributed by atoms with Crippen LogP contribution in [0.25, 0.3) is 0 Å². The molecule has 5 rings (SSSR count). The Morgan fingerprint density at radius 3 is 2.32 bits per heavy atom. The predicted molar refractivity (Wildman–Crippen MR) is 144 cm³/mol. The van der Waals surface area contributed by atoms with Gasteiger partial charge in [-0.15, -0.1) is 0 Å². The molecule has 0 radical (unpaired) electrons. The average Bonchev–Trinajstić information content (AvgIpc) is 2.87. The van der Waals surface area contributed by atoms with Crippen LogP contribution < -0.4 is 14.8 Å². The van der Waals surface area contributed by atoms with Gasteiger partial charge in [-0.25, -0.2) is 0 Å². The van der Waals surface area contributed by atoms with Gasteiger partial charge in [-0.1, -0.05) is 23.7 Å². The third-order valence-corrected chi connectivity index (χ3v) is 7.24.